The molecule has 1 amide bonds. The van der Waals surface area contributed by atoms with Crippen LogP contribution in [0.4, 0.5) is 5.69 Å². The van der Waals surface area contributed by atoms with Crippen LogP contribution in [-0.4, -0.2) is 30.8 Å². The molecular formula is C12H18N2O3. The zero-order valence-electron chi connectivity index (χ0n) is 10.1. The largest absolute Gasteiger partial charge is 0.497 e. The normalized spacial score (nSPS) is 11.9. The molecule has 0 heterocycles. The number of ether oxygens (including phenoxy) is 1. The van der Waals surface area contributed by atoms with Crippen LogP contribution in [-0.2, 0) is 0 Å². The maximum absolute atomic E-state index is 11.9. The number of aliphatic hydroxyl groups excluding tert-OH is 1. The third-order valence-electron chi connectivity index (χ3n) is 2.55. The zero-order valence-corrected chi connectivity index (χ0v) is 10.1. The fourth-order valence-electron chi connectivity index (χ4n) is 1.40. The molecule has 0 fully saturated rings. The fraction of sp³-hybridized carbons (Fsp3) is 0.417. The molecule has 0 radical (unpaired) electrons. The maximum Gasteiger partial charge on any atom is 0.253 e. The number of hydrogen-bond donors (Lipinski definition) is 3. The molecule has 1 rings (SSSR count). The smallest absolute Gasteiger partial charge is 0.253 e. The Morgan fingerprint density at radius 2 is 2.29 bits per heavy atom. The first-order valence-electron chi connectivity index (χ1n) is 5.47. The van der Waals surface area contributed by atoms with E-state index in [1.807, 2.05) is 6.92 Å². The Balaban J connectivity index is 2.87. The van der Waals surface area contributed by atoms with Crippen molar-refractivity contribution in [2.45, 2.75) is 19.4 Å². The number of benzene rings is 1. The van der Waals surface area contributed by atoms with Gasteiger partial charge >= 0.3 is 0 Å². The number of nitrogen functional groups attached to an aromatic ring is 1. The Morgan fingerprint density at radius 1 is 1.59 bits per heavy atom. The Kier molecular flexibility index (Phi) is 4.78. The Hall–Kier alpha value is -1.75. The van der Waals surface area contributed by atoms with Gasteiger partial charge in [-0.25, -0.2) is 0 Å². The molecule has 0 aromatic heterocycles. The highest BCUT2D eigenvalue weighted by Gasteiger charge is 2.14. The Bertz CT molecular complexity index is 389. The average Bonchev–Trinajstić information content (AvgIpc) is 2.36. The predicted molar refractivity (Wildman–Crippen MR) is 66.0 cm³/mol. The van der Waals surface area contributed by atoms with Gasteiger partial charge in [0.1, 0.15) is 5.75 Å². The summed E-state index contributed by atoms with van der Waals surface area (Å²) in [5.41, 5.74) is 6.47. The van der Waals surface area contributed by atoms with Crippen molar-refractivity contribution in [3.05, 3.63) is 23.8 Å². The highest BCUT2D eigenvalue weighted by molar-refractivity contribution is 5.99. The van der Waals surface area contributed by atoms with Crippen LogP contribution in [0.1, 0.15) is 23.7 Å². The van der Waals surface area contributed by atoms with Gasteiger partial charge in [-0.2, -0.15) is 0 Å². The minimum Gasteiger partial charge on any atom is -0.497 e. The standard InChI is InChI=1S/C12H18N2O3/c1-3-8(7-15)14-12(16)10-6-9(17-2)4-5-11(10)13/h4-6,8,15H,3,7,13H2,1-2H3,(H,14,16). The molecule has 0 aliphatic carbocycles. The number of nitrogens with two attached hydrogens (primary N) is 1. The van der Waals surface area contributed by atoms with Gasteiger partial charge in [-0.3, -0.25) is 4.79 Å². The molecule has 17 heavy (non-hydrogen) atoms. The number of nitrogens with one attached hydrogen (secondary N) is 1. The summed E-state index contributed by atoms with van der Waals surface area (Å²) in [6.45, 7) is 1.79. The molecule has 4 N–H and O–H groups in total. The first-order chi connectivity index (χ1) is 8.12. The minimum absolute atomic E-state index is 0.0912. The monoisotopic (exact) mass is 238 g/mol. The van der Waals surface area contributed by atoms with Gasteiger partial charge in [-0.15, -0.1) is 0 Å². The second-order valence-electron chi connectivity index (χ2n) is 3.71. The summed E-state index contributed by atoms with van der Waals surface area (Å²) in [4.78, 5) is 11.9. The van der Waals surface area contributed by atoms with Crippen LogP contribution in [0.25, 0.3) is 0 Å². The number of amides is 1. The van der Waals surface area contributed by atoms with Gasteiger partial charge in [0.25, 0.3) is 5.91 Å². The third kappa shape index (κ3) is 3.35. The third-order valence-corrected chi connectivity index (χ3v) is 2.55. The number of carbonyl (C=O) groups is 1. The summed E-state index contributed by atoms with van der Waals surface area (Å²) >= 11 is 0. The summed E-state index contributed by atoms with van der Waals surface area (Å²) in [6.07, 6.45) is 0.659. The molecular weight excluding hydrogens is 220 g/mol. The van der Waals surface area contributed by atoms with Crippen LogP contribution in [0.5, 0.6) is 5.75 Å². The summed E-state index contributed by atoms with van der Waals surface area (Å²) in [5.74, 6) is 0.267. The molecule has 1 unspecified atom stereocenters. The molecule has 0 saturated heterocycles. The van der Waals surface area contributed by atoms with Crippen LogP contribution in [0.15, 0.2) is 18.2 Å². The summed E-state index contributed by atoms with van der Waals surface area (Å²) in [7, 11) is 1.52. The SMILES string of the molecule is CCC(CO)NC(=O)c1cc(OC)ccc1N. The lowest BCUT2D eigenvalue weighted by Gasteiger charge is -2.15. The number of hydrogen-bond acceptors (Lipinski definition) is 4. The molecule has 1 aromatic carbocycles. The predicted octanol–water partition coefficient (Wildman–Crippen LogP) is 0.778. The molecule has 0 saturated carbocycles. The lowest BCUT2D eigenvalue weighted by molar-refractivity contribution is 0.0915. The molecule has 0 bridgehead atoms. The molecule has 1 aromatic rings. The van der Waals surface area contributed by atoms with Crippen molar-refractivity contribution in [1.29, 1.82) is 0 Å². The minimum atomic E-state index is -0.303. The molecule has 1 atom stereocenters. The van der Waals surface area contributed by atoms with Gasteiger partial charge in [0.2, 0.25) is 0 Å². The van der Waals surface area contributed by atoms with Crippen LogP contribution in [0, 0.1) is 0 Å². The summed E-state index contributed by atoms with van der Waals surface area (Å²) < 4.78 is 5.03. The lowest BCUT2D eigenvalue weighted by atomic mass is 10.1. The van der Waals surface area contributed by atoms with E-state index in [2.05, 4.69) is 5.32 Å². The van der Waals surface area contributed by atoms with Crippen molar-refractivity contribution in [2.24, 2.45) is 0 Å². The van der Waals surface area contributed by atoms with Crippen molar-refractivity contribution < 1.29 is 14.6 Å². The first-order valence-corrected chi connectivity index (χ1v) is 5.47. The maximum atomic E-state index is 11.9. The van der Waals surface area contributed by atoms with E-state index >= 15 is 0 Å². The number of methoxy groups -OCH3 is 1. The molecule has 0 aliphatic rings. The van der Waals surface area contributed by atoms with Crippen LogP contribution in [0.2, 0.25) is 0 Å². The van der Waals surface area contributed by atoms with Crippen molar-refractivity contribution in [1.82, 2.24) is 5.32 Å². The van der Waals surface area contributed by atoms with Gasteiger partial charge in [0, 0.05) is 5.69 Å². The molecule has 5 nitrogen and oxygen atoms in total. The van der Waals surface area contributed by atoms with Gasteiger partial charge in [-0.1, -0.05) is 6.92 Å². The van der Waals surface area contributed by atoms with E-state index in [1.165, 1.54) is 7.11 Å². The van der Waals surface area contributed by atoms with E-state index in [0.29, 0.717) is 23.4 Å². The number of rotatable bonds is 5. The van der Waals surface area contributed by atoms with E-state index < -0.39 is 0 Å². The van der Waals surface area contributed by atoms with Gasteiger partial charge in [0.15, 0.2) is 0 Å². The van der Waals surface area contributed by atoms with Crippen LogP contribution in [0.3, 0.4) is 0 Å². The topological polar surface area (TPSA) is 84.6 Å². The van der Waals surface area contributed by atoms with E-state index in [0.717, 1.165) is 0 Å². The second kappa shape index (κ2) is 6.10. The summed E-state index contributed by atoms with van der Waals surface area (Å²) in [5, 5.41) is 11.7. The zero-order chi connectivity index (χ0) is 12.8. The van der Waals surface area contributed by atoms with Gasteiger partial charge in [0.05, 0.1) is 25.3 Å². The molecule has 94 valence electrons. The van der Waals surface area contributed by atoms with Crippen molar-refractivity contribution in [3.8, 4) is 5.75 Å². The van der Waals surface area contributed by atoms with Crippen molar-refractivity contribution >= 4 is 11.6 Å². The molecule has 0 aliphatic heterocycles. The van der Waals surface area contributed by atoms with Crippen molar-refractivity contribution in [3.63, 3.8) is 0 Å². The highest BCUT2D eigenvalue weighted by atomic mass is 16.5. The average molecular weight is 238 g/mol. The van der Waals surface area contributed by atoms with Crippen LogP contribution >= 0.6 is 0 Å². The number of anilines is 1. The number of aliphatic hydroxyl groups is 1. The van der Waals surface area contributed by atoms with Gasteiger partial charge < -0.3 is 20.9 Å². The quantitative estimate of drug-likeness (QED) is 0.662. The summed E-state index contributed by atoms with van der Waals surface area (Å²) in [6, 6.07) is 4.63. The van der Waals surface area contributed by atoms with Gasteiger partial charge in [-0.05, 0) is 24.6 Å². The Labute approximate surface area is 101 Å². The first kappa shape index (κ1) is 13.3. The van der Waals surface area contributed by atoms with E-state index in [4.69, 9.17) is 15.6 Å². The van der Waals surface area contributed by atoms with Crippen molar-refractivity contribution in [2.75, 3.05) is 19.5 Å². The highest BCUT2D eigenvalue weighted by Crippen LogP contribution is 2.19. The van der Waals surface area contributed by atoms with E-state index in [1.54, 1.807) is 18.2 Å². The van der Waals surface area contributed by atoms with E-state index in [-0.39, 0.29) is 18.6 Å². The fourth-order valence-corrected chi connectivity index (χ4v) is 1.40. The Morgan fingerprint density at radius 3 is 2.82 bits per heavy atom. The van der Waals surface area contributed by atoms with Crippen LogP contribution < -0.4 is 15.8 Å². The lowest BCUT2D eigenvalue weighted by Crippen LogP contribution is -2.37. The van der Waals surface area contributed by atoms with E-state index in [9.17, 15) is 4.79 Å². The number of carbonyl (C=O) groups excluding carboxylic acids is 1. The second-order valence-corrected chi connectivity index (χ2v) is 3.71. The molecule has 0 spiro atoms. The molecule has 5 heteroatoms.